The van der Waals surface area contributed by atoms with E-state index in [4.69, 9.17) is 16.6 Å². The summed E-state index contributed by atoms with van der Waals surface area (Å²) in [4.78, 5) is 19.6. The molecule has 0 aromatic heterocycles. The van der Waals surface area contributed by atoms with Gasteiger partial charge in [0.1, 0.15) is 11.6 Å². The van der Waals surface area contributed by atoms with Gasteiger partial charge in [0.15, 0.2) is 0 Å². The number of aliphatic hydroxyl groups excluding tert-OH is 1. The second-order valence-electron chi connectivity index (χ2n) is 8.41. The molecule has 0 saturated heterocycles. The van der Waals surface area contributed by atoms with E-state index in [1.807, 2.05) is 54.6 Å². The van der Waals surface area contributed by atoms with Crippen molar-refractivity contribution in [2.24, 2.45) is 10.9 Å². The smallest absolute Gasteiger partial charge is 0.224 e. The van der Waals surface area contributed by atoms with Crippen molar-refractivity contribution in [3.63, 3.8) is 0 Å². The first-order valence-corrected chi connectivity index (χ1v) is 11.2. The first-order valence-electron chi connectivity index (χ1n) is 10.8. The van der Waals surface area contributed by atoms with Crippen LogP contribution in [0.3, 0.4) is 0 Å². The maximum absolute atomic E-state index is 13.7. The molecule has 166 valence electrons. The van der Waals surface area contributed by atoms with E-state index in [2.05, 4.69) is 0 Å². The molecule has 1 N–H and O–H groups in total. The summed E-state index contributed by atoms with van der Waals surface area (Å²) < 4.78 is 13.7. The predicted molar refractivity (Wildman–Crippen MR) is 129 cm³/mol. The van der Waals surface area contributed by atoms with Crippen LogP contribution in [0, 0.1) is 11.7 Å². The zero-order valence-corrected chi connectivity index (χ0v) is 18.7. The lowest BCUT2D eigenvalue weighted by molar-refractivity contribution is -0.117. The fraction of sp³-hybridized carbons (Fsp3) is 0.185. The Hall–Kier alpha value is -3.44. The normalized spacial score (nSPS) is 21.9. The Morgan fingerprint density at radius 2 is 1.70 bits per heavy atom. The number of benzene rings is 3. The summed E-state index contributed by atoms with van der Waals surface area (Å²) in [5.74, 6) is -1.02. The highest BCUT2D eigenvalue weighted by molar-refractivity contribution is 6.30. The highest BCUT2D eigenvalue weighted by Gasteiger charge is 2.43. The second-order valence-corrected chi connectivity index (χ2v) is 8.85. The minimum atomic E-state index is -0.562. The number of halogens is 2. The van der Waals surface area contributed by atoms with Crippen molar-refractivity contribution in [1.29, 1.82) is 0 Å². The lowest BCUT2D eigenvalue weighted by Gasteiger charge is -2.38. The van der Waals surface area contributed by atoms with Crippen LogP contribution in [0.1, 0.15) is 36.4 Å². The maximum Gasteiger partial charge on any atom is 0.224 e. The fourth-order valence-corrected chi connectivity index (χ4v) is 4.98. The number of allylic oxidation sites excluding steroid dienone is 1. The minimum absolute atomic E-state index is 0.0813. The Balaban J connectivity index is 1.70. The molecular formula is C27H22ClFN2O2. The van der Waals surface area contributed by atoms with E-state index in [1.165, 1.54) is 19.1 Å². The highest BCUT2D eigenvalue weighted by Crippen LogP contribution is 2.48. The van der Waals surface area contributed by atoms with Crippen LogP contribution >= 0.6 is 11.6 Å². The van der Waals surface area contributed by atoms with Gasteiger partial charge in [-0.3, -0.25) is 9.79 Å². The molecule has 0 radical (unpaired) electrons. The van der Waals surface area contributed by atoms with Crippen LogP contribution in [0.5, 0.6) is 0 Å². The zero-order valence-electron chi connectivity index (χ0n) is 18.0. The fourth-order valence-electron chi connectivity index (χ4n) is 4.86. The number of aliphatic hydroxyl groups is 1. The molecule has 3 aromatic carbocycles. The van der Waals surface area contributed by atoms with Crippen molar-refractivity contribution in [3.8, 4) is 0 Å². The first-order chi connectivity index (χ1) is 15.9. The second kappa shape index (κ2) is 8.49. The molecule has 0 fully saturated rings. The van der Waals surface area contributed by atoms with Gasteiger partial charge in [0, 0.05) is 23.6 Å². The number of hydrogen-bond acceptors (Lipinski definition) is 3. The topological polar surface area (TPSA) is 52.9 Å². The summed E-state index contributed by atoms with van der Waals surface area (Å²) in [5.41, 5.74) is 3.86. The molecule has 3 aromatic rings. The molecule has 1 aliphatic carbocycles. The number of anilines is 1. The standard InChI is InChI=1S/C27H22ClFN2O2/c1-16(32)31-24-5-3-2-4-22(24)30-23-14-19(17-6-10-20(28)11-7-17)15-25(33)26(23)27(31)18-8-12-21(29)13-9-18/h2-13,15,19,26-27,33H,14H2,1H3/t19-,26+,27+/m1/s1. The predicted octanol–water partition coefficient (Wildman–Crippen LogP) is 6.91. The summed E-state index contributed by atoms with van der Waals surface area (Å²) in [6.07, 6.45) is 2.41. The van der Waals surface area contributed by atoms with Crippen LogP contribution in [0.2, 0.25) is 5.02 Å². The molecule has 33 heavy (non-hydrogen) atoms. The van der Waals surface area contributed by atoms with Crippen molar-refractivity contribution >= 4 is 34.6 Å². The van der Waals surface area contributed by atoms with Gasteiger partial charge in [0.25, 0.3) is 0 Å². The van der Waals surface area contributed by atoms with Crippen molar-refractivity contribution in [2.75, 3.05) is 4.90 Å². The van der Waals surface area contributed by atoms with E-state index in [0.29, 0.717) is 22.8 Å². The van der Waals surface area contributed by atoms with E-state index in [0.717, 1.165) is 16.8 Å². The average Bonchev–Trinajstić information content (AvgIpc) is 2.94. The van der Waals surface area contributed by atoms with Crippen LogP contribution in [0.15, 0.2) is 89.6 Å². The first kappa shape index (κ1) is 21.4. The van der Waals surface area contributed by atoms with Gasteiger partial charge in [-0.05, 0) is 60.0 Å². The number of amides is 1. The molecule has 3 atom stereocenters. The largest absolute Gasteiger partial charge is 0.512 e. The third kappa shape index (κ3) is 3.93. The van der Waals surface area contributed by atoms with Gasteiger partial charge in [-0.15, -0.1) is 0 Å². The minimum Gasteiger partial charge on any atom is -0.512 e. The summed E-state index contributed by atoms with van der Waals surface area (Å²) >= 11 is 6.06. The van der Waals surface area contributed by atoms with Gasteiger partial charge in [-0.2, -0.15) is 0 Å². The SMILES string of the molecule is CC(=O)N1c2ccccc2N=C2C[C@@H](c3ccc(Cl)cc3)C=C(O)[C@H]2[C@@H]1c1ccc(F)cc1. The number of rotatable bonds is 2. The summed E-state index contributed by atoms with van der Waals surface area (Å²) in [5, 5.41) is 12.0. The van der Waals surface area contributed by atoms with Crippen molar-refractivity contribution in [1.82, 2.24) is 0 Å². The van der Waals surface area contributed by atoms with Crippen LogP contribution in [0.4, 0.5) is 15.8 Å². The Bertz CT molecular complexity index is 1270. The molecule has 1 heterocycles. The summed E-state index contributed by atoms with van der Waals surface area (Å²) in [6.45, 7) is 1.50. The van der Waals surface area contributed by atoms with Gasteiger partial charge in [0.05, 0.1) is 23.3 Å². The molecule has 2 aliphatic rings. The molecule has 6 heteroatoms. The summed E-state index contributed by atoms with van der Waals surface area (Å²) in [7, 11) is 0. The number of hydrogen-bond donors (Lipinski definition) is 1. The molecule has 0 unspecified atom stereocenters. The van der Waals surface area contributed by atoms with Crippen molar-refractivity contribution < 1.29 is 14.3 Å². The van der Waals surface area contributed by atoms with E-state index in [1.54, 1.807) is 17.0 Å². The van der Waals surface area contributed by atoms with Gasteiger partial charge in [-0.25, -0.2) is 4.39 Å². The van der Waals surface area contributed by atoms with Crippen molar-refractivity contribution in [2.45, 2.75) is 25.3 Å². The number of fused-ring (bicyclic) bond motifs is 2. The molecule has 5 rings (SSSR count). The van der Waals surface area contributed by atoms with Gasteiger partial charge in [0.2, 0.25) is 5.91 Å². The van der Waals surface area contributed by atoms with Gasteiger partial charge < -0.3 is 10.0 Å². The van der Waals surface area contributed by atoms with E-state index in [9.17, 15) is 14.3 Å². The third-order valence-corrected chi connectivity index (χ3v) is 6.58. The number of carbonyl (C=O) groups is 1. The monoisotopic (exact) mass is 460 g/mol. The zero-order chi connectivity index (χ0) is 23.1. The number of aliphatic imine (C=N–C) groups is 1. The molecule has 1 amide bonds. The molecular weight excluding hydrogens is 439 g/mol. The number of nitrogens with zero attached hydrogens (tertiary/aromatic N) is 2. The summed E-state index contributed by atoms with van der Waals surface area (Å²) in [6, 6.07) is 20.5. The van der Waals surface area contributed by atoms with Gasteiger partial charge >= 0.3 is 0 Å². The number of para-hydroxylation sites is 2. The highest BCUT2D eigenvalue weighted by atomic mass is 35.5. The molecule has 0 saturated carbocycles. The third-order valence-electron chi connectivity index (χ3n) is 6.33. The van der Waals surface area contributed by atoms with Crippen LogP contribution in [-0.2, 0) is 4.79 Å². The van der Waals surface area contributed by atoms with Crippen LogP contribution in [0.25, 0.3) is 0 Å². The maximum atomic E-state index is 13.7. The lowest BCUT2D eigenvalue weighted by atomic mass is 9.76. The Morgan fingerprint density at radius 1 is 1.03 bits per heavy atom. The quantitative estimate of drug-likeness (QED) is 0.452. The Labute approximate surface area is 196 Å². The van der Waals surface area contributed by atoms with Crippen LogP contribution in [-0.4, -0.2) is 16.7 Å². The Morgan fingerprint density at radius 3 is 2.39 bits per heavy atom. The molecule has 1 aliphatic heterocycles. The molecule has 4 nitrogen and oxygen atoms in total. The van der Waals surface area contributed by atoms with Gasteiger partial charge in [-0.1, -0.05) is 48.0 Å². The van der Waals surface area contributed by atoms with E-state index < -0.39 is 12.0 Å². The lowest BCUT2D eigenvalue weighted by Crippen LogP contribution is -2.41. The van der Waals surface area contributed by atoms with E-state index in [-0.39, 0.29) is 23.4 Å². The Kier molecular flexibility index (Phi) is 5.51. The number of carbonyl (C=O) groups excluding carboxylic acids is 1. The van der Waals surface area contributed by atoms with Crippen LogP contribution < -0.4 is 4.90 Å². The van der Waals surface area contributed by atoms with E-state index >= 15 is 0 Å². The molecule has 0 spiro atoms. The average molecular weight is 461 g/mol. The van der Waals surface area contributed by atoms with Crippen molar-refractivity contribution in [3.05, 3.63) is 107 Å². The molecule has 0 bridgehead atoms.